The number of ether oxygens (including phenoxy) is 1. The van der Waals surface area contributed by atoms with Crippen molar-refractivity contribution >= 4 is 34.8 Å². The number of amides is 1. The van der Waals surface area contributed by atoms with Crippen LogP contribution in [0.15, 0.2) is 53.6 Å². The molecule has 0 spiro atoms. The van der Waals surface area contributed by atoms with Gasteiger partial charge in [-0.3, -0.25) is 19.1 Å². The summed E-state index contributed by atoms with van der Waals surface area (Å²) >= 11 is 0. The van der Waals surface area contributed by atoms with Crippen molar-refractivity contribution in [2.45, 2.75) is 59.0 Å². The molecular formula is C29H33N7O4. The van der Waals surface area contributed by atoms with E-state index in [9.17, 15) is 14.4 Å². The second-order valence-corrected chi connectivity index (χ2v) is 11.1. The number of pyridine rings is 2. The first-order valence-corrected chi connectivity index (χ1v) is 13.3. The number of Topliss-reactive ketones (excluding diaryl/α,β-unsaturated/α-hetero) is 1. The normalized spacial score (nSPS) is 13.6. The molecule has 1 aliphatic rings. The molecular weight excluding hydrogens is 510 g/mol. The Hall–Kier alpha value is -4.54. The number of rotatable bonds is 7. The lowest BCUT2D eigenvalue weighted by Gasteiger charge is -2.25. The number of hydrogen-bond donors (Lipinski definition) is 1. The van der Waals surface area contributed by atoms with Crippen molar-refractivity contribution in [3.8, 4) is 5.82 Å². The minimum Gasteiger partial charge on any atom is -0.443 e. The monoisotopic (exact) mass is 543 g/mol. The smallest absolute Gasteiger partial charge is 0.415 e. The topological polar surface area (TPSA) is 124 Å². The number of carbonyl (C=O) groups excluding carboxylic acids is 2. The lowest BCUT2D eigenvalue weighted by Crippen LogP contribution is -2.35. The van der Waals surface area contributed by atoms with Crippen LogP contribution in [0.25, 0.3) is 11.5 Å². The molecule has 0 radical (unpaired) electrons. The quantitative estimate of drug-likeness (QED) is 0.321. The zero-order valence-electron chi connectivity index (χ0n) is 23.3. The molecule has 4 aromatic heterocycles. The predicted molar refractivity (Wildman–Crippen MR) is 152 cm³/mol. The van der Waals surface area contributed by atoms with E-state index in [2.05, 4.69) is 20.4 Å². The van der Waals surface area contributed by atoms with Crippen LogP contribution in [0.2, 0.25) is 0 Å². The highest BCUT2D eigenvalue weighted by Crippen LogP contribution is 2.32. The van der Waals surface area contributed by atoms with Crippen LogP contribution in [0.5, 0.6) is 0 Å². The predicted octanol–water partition coefficient (Wildman–Crippen LogP) is 5.07. The van der Waals surface area contributed by atoms with Gasteiger partial charge in [0.05, 0.1) is 11.8 Å². The van der Waals surface area contributed by atoms with Crippen LogP contribution in [0.3, 0.4) is 0 Å². The van der Waals surface area contributed by atoms with Crippen molar-refractivity contribution in [3.05, 3.63) is 70.4 Å². The molecule has 0 unspecified atom stereocenters. The molecule has 1 amide bonds. The summed E-state index contributed by atoms with van der Waals surface area (Å²) in [6, 6.07) is 10.4. The van der Waals surface area contributed by atoms with E-state index < -0.39 is 11.7 Å². The average molecular weight is 544 g/mol. The second kappa shape index (κ2) is 10.6. The maximum atomic E-state index is 13.4. The molecule has 11 nitrogen and oxygen atoms in total. The number of carbonyl (C=O) groups is 2. The molecule has 0 aliphatic heterocycles. The largest absolute Gasteiger partial charge is 0.443 e. The molecule has 1 fully saturated rings. The van der Waals surface area contributed by atoms with Crippen LogP contribution < -0.4 is 15.8 Å². The maximum Gasteiger partial charge on any atom is 0.415 e. The van der Waals surface area contributed by atoms with E-state index in [1.165, 1.54) is 20.2 Å². The lowest BCUT2D eigenvalue weighted by atomic mass is 9.81. The van der Waals surface area contributed by atoms with Gasteiger partial charge in [0.25, 0.3) is 5.56 Å². The first kappa shape index (κ1) is 27.0. The number of anilines is 3. The number of nitrogens with one attached hydrogen (secondary N) is 1. The first-order valence-electron chi connectivity index (χ1n) is 13.3. The minimum absolute atomic E-state index is 0.0530. The van der Waals surface area contributed by atoms with E-state index in [4.69, 9.17) is 4.74 Å². The summed E-state index contributed by atoms with van der Waals surface area (Å²) in [5.41, 5.74) is 0.630. The van der Waals surface area contributed by atoms with Crippen molar-refractivity contribution in [1.29, 1.82) is 0 Å². The zero-order chi connectivity index (χ0) is 28.6. The van der Waals surface area contributed by atoms with E-state index in [0.717, 1.165) is 25.0 Å². The molecule has 0 atom stereocenters. The second-order valence-electron chi connectivity index (χ2n) is 11.1. The van der Waals surface area contributed by atoms with Gasteiger partial charge in [0.2, 0.25) is 0 Å². The van der Waals surface area contributed by atoms with Crippen molar-refractivity contribution in [2.24, 2.45) is 5.92 Å². The van der Waals surface area contributed by atoms with Gasteiger partial charge in [0.15, 0.2) is 11.4 Å². The fourth-order valence-corrected chi connectivity index (χ4v) is 4.51. The Bertz CT molecular complexity index is 1650. The third-order valence-electron chi connectivity index (χ3n) is 6.79. The fraction of sp³-hybridized carbons (Fsp3) is 0.379. The molecule has 0 aromatic carbocycles. The Labute approximate surface area is 231 Å². The Balaban J connectivity index is 1.57. The first-order chi connectivity index (χ1) is 19.0. The number of fused-ring (bicyclic) bond motifs is 1. The van der Waals surface area contributed by atoms with Gasteiger partial charge in [-0.1, -0.05) is 25.3 Å². The van der Waals surface area contributed by atoms with E-state index in [-0.39, 0.29) is 28.5 Å². The maximum absolute atomic E-state index is 13.4. The van der Waals surface area contributed by atoms with E-state index in [0.29, 0.717) is 29.5 Å². The Kier molecular flexibility index (Phi) is 7.14. The summed E-state index contributed by atoms with van der Waals surface area (Å²) in [5.74, 6) is 1.39. The van der Waals surface area contributed by atoms with Crippen LogP contribution in [0.1, 0.15) is 62.5 Å². The SMILES string of the molecule is Cc1cccc(-n2cccc(Nc3cc(N(C)C(=O)OC(C)(C)C)n4ncc(C(=O)CC5CCC5)c4n3)c2=O)n1. The van der Waals surface area contributed by atoms with Gasteiger partial charge in [-0.15, -0.1) is 0 Å². The molecule has 0 saturated heterocycles. The summed E-state index contributed by atoms with van der Waals surface area (Å²) in [6.45, 7) is 7.20. The minimum atomic E-state index is -0.717. The van der Waals surface area contributed by atoms with Gasteiger partial charge in [0.1, 0.15) is 28.7 Å². The highest BCUT2D eigenvalue weighted by molar-refractivity contribution is 6.02. The number of aryl methyl sites for hydroxylation is 1. The third kappa shape index (κ3) is 5.58. The van der Waals surface area contributed by atoms with Crippen LogP contribution in [0, 0.1) is 12.8 Å². The van der Waals surface area contributed by atoms with Crippen LogP contribution in [-0.4, -0.2) is 48.7 Å². The number of nitrogens with zero attached hydrogens (tertiary/aromatic N) is 6. The highest BCUT2D eigenvalue weighted by atomic mass is 16.6. The van der Waals surface area contributed by atoms with Crippen molar-refractivity contribution < 1.29 is 14.3 Å². The van der Waals surface area contributed by atoms with Crippen LogP contribution >= 0.6 is 0 Å². The van der Waals surface area contributed by atoms with E-state index in [1.54, 1.807) is 58.3 Å². The van der Waals surface area contributed by atoms with Crippen molar-refractivity contribution in [1.82, 2.24) is 24.1 Å². The van der Waals surface area contributed by atoms with Gasteiger partial charge in [-0.2, -0.15) is 9.61 Å². The van der Waals surface area contributed by atoms with Crippen molar-refractivity contribution in [2.75, 3.05) is 17.3 Å². The molecule has 4 aromatic rings. The summed E-state index contributed by atoms with van der Waals surface area (Å²) in [5, 5.41) is 7.49. The highest BCUT2D eigenvalue weighted by Gasteiger charge is 2.27. The molecule has 4 heterocycles. The molecule has 11 heteroatoms. The summed E-state index contributed by atoms with van der Waals surface area (Å²) in [6.07, 6.45) is 6.15. The van der Waals surface area contributed by atoms with Crippen LogP contribution in [0.4, 0.5) is 22.1 Å². The fourth-order valence-electron chi connectivity index (χ4n) is 4.51. The molecule has 0 bridgehead atoms. The third-order valence-corrected chi connectivity index (χ3v) is 6.79. The molecule has 1 aliphatic carbocycles. The molecule has 1 N–H and O–H groups in total. The lowest BCUT2D eigenvalue weighted by molar-refractivity contribution is 0.0587. The molecule has 208 valence electrons. The number of hydrogen-bond acceptors (Lipinski definition) is 8. The molecule has 1 saturated carbocycles. The summed E-state index contributed by atoms with van der Waals surface area (Å²) in [4.78, 5) is 50.0. The Morgan fingerprint density at radius 1 is 1.15 bits per heavy atom. The van der Waals surface area contributed by atoms with Gasteiger partial charge in [0, 0.05) is 31.4 Å². The van der Waals surface area contributed by atoms with Crippen molar-refractivity contribution in [3.63, 3.8) is 0 Å². The number of ketones is 1. The van der Waals surface area contributed by atoms with E-state index >= 15 is 0 Å². The number of aromatic nitrogens is 5. The average Bonchev–Trinajstić information content (AvgIpc) is 3.29. The summed E-state index contributed by atoms with van der Waals surface area (Å²) < 4.78 is 8.45. The zero-order valence-corrected chi connectivity index (χ0v) is 23.3. The summed E-state index contributed by atoms with van der Waals surface area (Å²) in [7, 11) is 1.56. The van der Waals surface area contributed by atoms with Gasteiger partial charge in [-0.25, -0.2) is 14.8 Å². The molecule has 40 heavy (non-hydrogen) atoms. The van der Waals surface area contributed by atoms with Gasteiger partial charge >= 0.3 is 6.09 Å². The van der Waals surface area contributed by atoms with Gasteiger partial charge in [-0.05, 0) is 57.9 Å². The Morgan fingerprint density at radius 3 is 2.60 bits per heavy atom. The van der Waals surface area contributed by atoms with Gasteiger partial charge < -0.3 is 10.1 Å². The van der Waals surface area contributed by atoms with E-state index in [1.807, 2.05) is 19.1 Å². The molecule has 5 rings (SSSR count). The standard InChI is InChI=1S/C29H33N7O4/c1-18-9-6-13-24(31-18)35-14-8-12-21(27(35)38)32-23-16-25(34(5)28(39)40-29(2,3)4)36-26(33-23)20(17-30-36)22(37)15-19-10-7-11-19/h6,8-9,12-14,16-17,19H,7,10-11,15H2,1-5H3,(H,32,33). The van der Waals surface area contributed by atoms with Crippen LogP contribution in [-0.2, 0) is 4.74 Å². The Morgan fingerprint density at radius 2 is 1.93 bits per heavy atom.